The molecule has 0 aromatic rings. The van der Waals surface area contributed by atoms with Crippen LogP contribution in [0.1, 0.15) is 33.6 Å². The molecule has 0 spiro atoms. The zero-order valence-corrected chi connectivity index (χ0v) is 12.2. The van der Waals surface area contributed by atoms with Crippen LogP contribution >= 0.6 is 0 Å². The van der Waals surface area contributed by atoms with Gasteiger partial charge in [0.25, 0.3) is 0 Å². The molecule has 2 fully saturated rings. The van der Waals surface area contributed by atoms with Gasteiger partial charge in [-0.2, -0.15) is 0 Å². The first kappa shape index (κ1) is 15.0. The highest BCUT2D eigenvalue weighted by Crippen LogP contribution is 2.48. The first-order valence-electron chi connectivity index (χ1n) is 7.24. The number of cyclic esters (lactones) is 1. The molecule has 5 heteroatoms. The number of carbonyl (C=O) groups is 3. The average molecular weight is 282 g/mol. The lowest BCUT2D eigenvalue weighted by molar-refractivity contribution is -0.144. The molecule has 0 aromatic heterocycles. The van der Waals surface area contributed by atoms with Crippen molar-refractivity contribution in [1.82, 2.24) is 0 Å². The van der Waals surface area contributed by atoms with Crippen LogP contribution in [0.4, 0.5) is 0 Å². The second-order valence-corrected chi connectivity index (χ2v) is 6.04. The molecule has 1 saturated carbocycles. The van der Waals surface area contributed by atoms with Gasteiger partial charge in [0.2, 0.25) is 0 Å². The van der Waals surface area contributed by atoms with E-state index in [1.165, 1.54) is 6.92 Å². The van der Waals surface area contributed by atoms with E-state index in [4.69, 9.17) is 9.47 Å². The summed E-state index contributed by atoms with van der Waals surface area (Å²) in [6, 6.07) is 0. The monoisotopic (exact) mass is 282 g/mol. The summed E-state index contributed by atoms with van der Waals surface area (Å²) < 4.78 is 10.3. The van der Waals surface area contributed by atoms with Gasteiger partial charge >= 0.3 is 11.9 Å². The predicted molar refractivity (Wildman–Crippen MR) is 70.6 cm³/mol. The quantitative estimate of drug-likeness (QED) is 0.578. The second-order valence-electron chi connectivity index (χ2n) is 6.04. The Hall–Kier alpha value is -1.39. The third-order valence-electron chi connectivity index (χ3n) is 4.82. The van der Waals surface area contributed by atoms with Crippen molar-refractivity contribution in [2.24, 2.45) is 29.6 Å². The lowest BCUT2D eigenvalue weighted by Crippen LogP contribution is -2.42. The highest BCUT2D eigenvalue weighted by Gasteiger charge is 2.53. The normalized spacial score (nSPS) is 39.9. The fourth-order valence-corrected chi connectivity index (χ4v) is 3.92. The van der Waals surface area contributed by atoms with Crippen LogP contribution in [0.15, 0.2) is 0 Å². The van der Waals surface area contributed by atoms with E-state index in [1.807, 2.05) is 6.92 Å². The van der Waals surface area contributed by atoms with Gasteiger partial charge in [-0.1, -0.05) is 6.92 Å². The van der Waals surface area contributed by atoms with Crippen molar-refractivity contribution >= 4 is 18.2 Å². The van der Waals surface area contributed by atoms with Crippen molar-refractivity contribution in [3.63, 3.8) is 0 Å². The first-order valence-corrected chi connectivity index (χ1v) is 7.24. The minimum atomic E-state index is -0.304. The first-order chi connectivity index (χ1) is 9.45. The Bertz CT molecular complexity index is 405. The van der Waals surface area contributed by atoms with Gasteiger partial charge in [-0.15, -0.1) is 0 Å². The molecule has 2 rings (SSSR count). The summed E-state index contributed by atoms with van der Waals surface area (Å²) in [5.74, 6) is -0.453. The molecule has 1 saturated heterocycles. The number of fused-ring (bicyclic) bond motifs is 1. The van der Waals surface area contributed by atoms with E-state index in [1.54, 1.807) is 0 Å². The van der Waals surface area contributed by atoms with Crippen LogP contribution in [0.25, 0.3) is 0 Å². The van der Waals surface area contributed by atoms with Gasteiger partial charge in [0, 0.05) is 18.8 Å². The summed E-state index contributed by atoms with van der Waals surface area (Å²) in [6.45, 7) is 5.62. The molecule has 5 nitrogen and oxygen atoms in total. The van der Waals surface area contributed by atoms with E-state index >= 15 is 0 Å². The summed E-state index contributed by atoms with van der Waals surface area (Å²) in [4.78, 5) is 34.2. The maximum absolute atomic E-state index is 11.8. The summed E-state index contributed by atoms with van der Waals surface area (Å²) in [7, 11) is 0. The molecule has 0 unspecified atom stereocenters. The van der Waals surface area contributed by atoms with E-state index in [9.17, 15) is 14.4 Å². The van der Waals surface area contributed by atoms with Crippen molar-refractivity contribution in [3.05, 3.63) is 0 Å². The van der Waals surface area contributed by atoms with Crippen molar-refractivity contribution < 1.29 is 23.9 Å². The Balaban J connectivity index is 2.10. The summed E-state index contributed by atoms with van der Waals surface area (Å²) >= 11 is 0. The minimum absolute atomic E-state index is 0.0291. The van der Waals surface area contributed by atoms with E-state index in [2.05, 4.69) is 6.92 Å². The number of esters is 2. The molecule has 112 valence electrons. The maximum atomic E-state index is 11.8. The largest absolute Gasteiger partial charge is 0.466 e. The second kappa shape index (κ2) is 5.94. The average Bonchev–Trinajstić information content (AvgIpc) is 2.65. The zero-order valence-electron chi connectivity index (χ0n) is 12.2. The van der Waals surface area contributed by atoms with E-state index < -0.39 is 0 Å². The van der Waals surface area contributed by atoms with Gasteiger partial charge in [-0.25, -0.2) is 0 Å². The third kappa shape index (κ3) is 2.72. The van der Waals surface area contributed by atoms with Gasteiger partial charge < -0.3 is 14.3 Å². The fraction of sp³-hybridized carbons (Fsp3) is 0.800. The highest BCUT2D eigenvalue weighted by atomic mass is 16.6. The molecule has 1 aliphatic carbocycles. The number of rotatable bonds is 4. The Morgan fingerprint density at radius 3 is 2.75 bits per heavy atom. The van der Waals surface area contributed by atoms with Gasteiger partial charge in [0.05, 0.1) is 12.5 Å². The van der Waals surface area contributed by atoms with Gasteiger partial charge in [0.15, 0.2) is 0 Å². The molecule has 0 aromatic carbocycles. The summed E-state index contributed by atoms with van der Waals surface area (Å²) in [6.07, 6.45) is 2.17. The SMILES string of the molecule is CC(=O)OCC[C@H]1[C@H](C=O)[C@@H]2[C@@H](C)OC(=O)[C@@H]2C[C@@H]1C. The lowest BCUT2D eigenvalue weighted by atomic mass is 9.61. The molecule has 0 N–H and O–H groups in total. The maximum Gasteiger partial charge on any atom is 0.309 e. The molecule has 2 aliphatic rings. The van der Waals surface area contributed by atoms with Crippen molar-refractivity contribution in [2.45, 2.75) is 39.7 Å². The standard InChI is InChI=1S/C15H22O5/c1-8-6-12-14(9(2)20-15(12)18)13(7-16)11(8)4-5-19-10(3)17/h7-9,11-14H,4-6H2,1-3H3/t8-,9+,11+,12+,13-,14+/m0/s1. The molecule has 0 radical (unpaired) electrons. The number of ether oxygens (including phenoxy) is 2. The highest BCUT2D eigenvalue weighted by molar-refractivity contribution is 5.76. The number of hydrogen-bond donors (Lipinski definition) is 0. The number of carbonyl (C=O) groups excluding carboxylic acids is 3. The lowest BCUT2D eigenvalue weighted by Gasteiger charge is -2.40. The van der Waals surface area contributed by atoms with Crippen LogP contribution in [0.5, 0.6) is 0 Å². The molecule has 6 atom stereocenters. The number of aldehydes is 1. The Labute approximate surface area is 119 Å². The van der Waals surface area contributed by atoms with Crippen molar-refractivity contribution in [3.8, 4) is 0 Å². The summed E-state index contributed by atoms with van der Waals surface area (Å²) in [5, 5.41) is 0. The topological polar surface area (TPSA) is 69.7 Å². The van der Waals surface area contributed by atoms with Gasteiger partial charge in [0.1, 0.15) is 12.4 Å². The molecule has 0 amide bonds. The smallest absolute Gasteiger partial charge is 0.309 e. The Morgan fingerprint density at radius 2 is 2.15 bits per heavy atom. The fourth-order valence-electron chi connectivity index (χ4n) is 3.92. The van der Waals surface area contributed by atoms with Crippen LogP contribution in [0.3, 0.4) is 0 Å². The Kier molecular flexibility index (Phi) is 4.45. The van der Waals surface area contributed by atoms with Gasteiger partial charge in [-0.3, -0.25) is 9.59 Å². The van der Waals surface area contributed by atoms with Crippen LogP contribution in [0.2, 0.25) is 0 Å². The van der Waals surface area contributed by atoms with E-state index in [-0.39, 0.29) is 47.6 Å². The molecule has 1 aliphatic heterocycles. The van der Waals surface area contributed by atoms with Crippen molar-refractivity contribution in [2.75, 3.05) is 6.61 Å². The van der Waals surface area contributed by atoms with Crippen LogP contribution in [0, 0.1) is 29.6 Å². The molecular weight excluding hydrogens is 260 g/mol. The zero-order chi connectivity index (χ0) is 14.9. The summed E-state index contributed by atoms with van der Waals surface area (Å²) in [5.41, 5.74) is 0. The molecular formula is C15H22O5. The predicted octanol–water partition coefficient (Wildman–Crippen LogP) is 1.59. The molecule has 0 bridgehead atoms. The minimum Gasteiger partial charge on any atom is -0.466 e. The molecule has 20 heavy (non-hydrogen) atoms. The molecule has 1 heterocycles. The van der Waals surface area contributed by atoms with Gasteiger partial charge in [-0.05, 0) is 31.6 Å². The van der Waals surface area contributed by atoms with Crippen LogP contribution in [-0.4, -0.2) is 30.9 Å². The van der Waals surface area contributed by atoms with Crippen molar-refractivity contribution in [1.29, 1.82) is 0 Å². The van der Waals surface area contributed by atoms with Crippen LogP contribution < -0.4 is 0 Å². The van der Waals surface area contributed by atoms with E-state index in [0.29, 0.717) is 13.0 Å². The number of hydrogen-bond acceptors (Lipinski definition) is 5. The van der Waals surface area contributed by atoms with Crippen LogP contribution in [-0.2, 0) is 23.9 Å². The Morgan fingerprint density at radius 1 is 1.45 bits per heavy atom. The van der Waals surface area contributed by atoms with E-state index in [0.717, 1.165) is 12.7 Å². The third-order valence-corrected chi connectivity index (χ3v) is 4.82.